The van der Waals surface area contributed by atoms with Crippen LogP contribution in [0.25, 0.3) is 0 Å². The molecule has 0 fully saturated rings. The summed E-state index contributed by atoms with van der Waals surface area (Å²) in [4.78, 5) is 10.4. The van der Waals surface area contributed by atoms with E-state index in [1.165, 1.54) is 0 Å². The Morgan fingerprint density at radius 1 is 1.47 bits per heavy atom. The normalized spacial score (nSPS) is 9.93. The Bertz CT molecular complexity index is 325. The van der Waals surface area contributed by atoms with Gasteiger partial charge < -0.3 is 15.2 Å². The molecule has 82 valence electrons. The fraction of sp³-hybridized carbons (Fsp3) is 0.364. The second-order valence-electron chi connectivity index (χ2n) is 3.12. The van der Waals surface area contributed by atoms with Crippen molar-refractivity contribution in [3.8, 4) is 5.75 Å². The highest BCUT2D eigenvalue weighted by Gasteiger charge is 1.97. The molecule has 0 radical (unpaired) electrons. The van der Waals surface area contributed by atoms with Crippen LogP contribution in [0.3, 0.4) is 0 Å². The number of amides is 1. The van der Waals surface area contributed by atoms with Crippen LogP contribution in [0.4, 0.5) is 0 Å². The molecule has 1 amide bonds. The zero-order valence-corrected chi connectivity index (χ0v) is 8.73. The van der Waals surface area contributed by atoms with Crippen LogP contribution < -0.4 is 10.5 Å². The maximum Gasteiger partial charge on any atom is 0.219 e. The van der Waals surface area contributed by atoms with Gasteiger partial charge in [-0.15, -0.1) is 0 Å². The summed E-state index contributed by atoms with van der Waals surface area (Å²) in [7, 11) is 1.62. The summed E-state index contributed by atoms with van der Waals surface area (Å²) in [5, 5.41) is 0. The molecule has 1 aromatic carbocycles. The zero-order valence-electron chi connectivity index (χ0n) is 8.73. The van der Waals surface area contributed by atoms with Crippen molar-refractivity contribution in [2.24, 2.45) is 5.73 Å². The van der Waals surface area contributed by atoms with E-state index < -0.39 is 0 Å². The van der Waals surface area contributed by atoms with Gasteiger partial charge in [0, 0.05) is 6.42 Å². The van der Waals surface area contributed by atoms with Crippen molar-refractivity contribution in [3.05, 3.63) is 29.8 Å². The fourth-order valence-corrected chi connectivity index (χ4v) is 1.13. The Balaban J connectivity index is 2.33. The van der Waals surface area contributed by atoms with Gasteiger partial charge in [-0.3, -0.25) is 4.79 Å². The van der Waals surface area contributed by atoms with Crippen LogP contribution in [-0.2, 0) is 16.1 Å². The first-order chi connectivity index (χ1) is 7.22. The Morgan fingerprint density at radius 2 is 2.27 bits per heavy atom. The SMILES string of the molecule is COc1cccc(COCCC(N)=O)c1. The van der Waals surface area contributed by atoms with E-state index in [0.29, 0.717) is 13.2 Å². The Morgan fingerprint density at radius 3 is 2.93 bits per heavy atom. The van der Waals surface area contributed by atoms with Gasteiger partial charge in [-0.2, -0.15) is 0 Å². The van der Waals surface area contributed by atoms with Gasteiger partial charge in [0.15, 0.2) is 0 Å². The predicted molar refractivity (Wildman–Crippen MR) is 56.5 cm³/mol. The smallest absolute Gasteiger partial charge is 0.219 e. The monoisotopic (exact) mass is 209 g/mol. The van der Waals surface area contributed by atoms with E-state index >= 15 is 0 Å². The van der Waals surface area contributed by atoms with Gasteiger partial charge in [0.25, 0.3) is 0 Å². The number of rotatable bonds is 6. The third kappa shape index (κ3) is 4.46. The summed E-state index contributed by atoms with van der Waals surface area (Å²) in [6.45, 7) is 0.816. The van der Waals surface area contributed by atoms with Crippen LogP contribution in [0.1, 0.15) is 12.0 Å². The second kappa shape index (κ2) is 6.03. The first-order valence-electron chi connectivity index (χ1n) is 4.71. The molecule has 0 aromatic heterocycles. The minimum Gasteiger partial charge on any atom is -0.497 e. The van der Waals surface area contributed by atoms with Crippen LogP contribution in [0.5, 0.6) is 5.75 Å². The summed E-state index contributed by atoms with van der Waals surface area (Å²) in [6, 6.07) is 7.59. The Hall–Kier alpha value is -1.55. The van der Waals surface area contributed by atoms with Crippen molar-refractivity contribution in [2.45, 2.75) is 13.0 Å². The molecule has 2 N–H and O–H groups in total. The van der Waals surface area contributed by atoms with Crippen LogP contribution in [0.15, 0.2) is 24.3 Å². The van der Waals surface area contributed by atoms with Crippen molar-refractivity contribution in [2.75, 3.05) is 13.7 Å². The van der Waals surface area contributed by atoms with Gasteiger partial charge in [-0.1, -0.05) is 12.1 Å². The molecule has 0 heterocycles. The number of carbonyl (C=O) groups is 1. The summed E-state index contributed by atoms with van der Waals surface area (Å²) in [6.07, 6.45) is 0.254. The summed E-state index contributed by atoms with van der Waals surface area (Å²) < 4.78 is 10.3. The summed E-state index contributed by atoms with van der Waals surface area (Å²) in [5.74, 6) is 0.451. The molecule has 0 aliphatic heterocycles. The number of benzene rings is 1. The van der Waals surface area contributed by atoms with Crippen molar-refractivity contribution < 1.29 is 14.3 Å². The minimum atomic E-state index is -0.347. The van der Waals surface area contributed by atoms with Gasteiger partial charge in [-0.05, 0) is 17.7 Å². The van der Waals surface area contributed by atoms with Crippen LogP contribution in [0, 0.1) is 0 Å². The molecule has 0 atom stereocenters. The molecular formula is C11H15NO3. The highest BCUT2D eigenvalue weighted by molar-refractivity contribution is 5.73. The number of hydrogen-bond donors (Lipinski definition) is 1. The van der Waals surface area contributed by atoms with E-state index in [4.69, 9.17) is 15.2 Å². The minimum absolute atomic E-state index is 0.254. The van der Waals surface area contributed by atoms with E-state index in [1.807, 2.05) is 24.3 Å². The fourth-order valence-electron chi connectivity index (χ4n) is 1.13. The molecule has 0 bridgehead atoms. The van der Waals surface area contributed by atoms with Gasteiger partial charge in [0.05, 0.1) is 20.3 Å². The molecule has 4 heteroatoms. The average molecular weight is 209 g/mol. The Labute approximate surface area is 89.0 Å². The van der Waals surface area contributed by atoms with E-state index in [2.05, 4.69) is 0 Å². The highest BCUT2D eigenvalue weighted by Crippen LogP contribution is 2.13. The molecule has 0 saturated heterocycles. The lowest BCUT2D eigenvalue weighted by Crippen LogP contribution is -2.13. The zero-order chi connectivity index (χ0) is 11.1. The molecule has 1 aromatic rings. The third-order valence-electron chi connectivity index (χ3n) is 1.90. The topological polar surface area (TPSA) is 61.6 Å². The lowest BCUT2D eigenvalue weighted by Gasteiger charge is -2.05. The molecule has 0 aliphatic carbocycles. The van der Waals surface area contributed by atoms with E-state index in [0.717, 1.165) is 11.3 Å². The number of primary amides is 1. The van der Waals surface area contributed by atoms with Gasteiger partial charge in [0.1, 0.15) is 5.75 Å². The molecule has 0 spiro atoms. The van der Waals surface area contributed by atoms with Crippen LogP contribution in [0.2, 0.25) is 0 Å². The molecular weight excluding hydrogens is 194 g/mol. The van der Waals surface area contributed by atoms with Crippen LogP contribution >= 0.6 is 0 Å². The van der Waals surface area contributed by atoms with Gasteiger partial charge in [-0.25, -0.2) is 0 Å². The molecule has 15 heavy (non-hydrogen) atoms. The maximum atomic E-state index is 10.4. The van der Waals surface area contributed by atoms with E-state index in [9.17, 15) is 4.79 Å². The average Bonchev–Trinajstić information content (AvgIpc) is 2.24. The van der Waals surface area contributed by atoms with Crippen molar-refractivity contribution in [1.82, 2.24) is 0 Å². The number of carbonyl (C=O) groups excluding carboxylic acids is 1. The van der Waals surface area contributed by atoms with E-state index in [1.54, 1.807) is 7.11 Å². The molecule has 0 unspecified atom stereocenters. The largest absolute Gasteiger partial charge is 0.497 e. The molecule has 0 aliphatic rings. The summed E-state index contributed by atoms with van der Waals surface area (Å²) >= 11 is 0. The summed E-state index contributed by atoms with van der Waals surface area (Å²) in [5.41, 5.74) is 5.99. The quantitative estimate of drug-likeness (QED) is 0.713. The number of hydrogen-bond acceptors (Lipinski definition) is 3. The molecule has 1 rings (SSSR count). The Kier molecular flexibility index (Phi) is 4.63. The van der Waals surface area contributed by atoms with E-state index in [-0.39, 0.29) is 12.3 Å². The molecule has 4 nitrogen and oxygen atoms in total. The number of nitrogens with two attached hydrogens (primary N) is 1. The first kappa shape index (κ1) is 11.5. The lowest BCUT2D eigenvalue weighted by molar-refractivity contribution is -0.119. The maximum absolute atomic E-state index is 10.4. The second-order valence-corrected chi connectivity index (χ2v) is 3.12. The van der Waals surface area contributed by atoms with Crippen molar-refractivity contribution in [3.63, 3.8) is 0 Å². The predicted octanol–water partition coefficient (Wildman–Crippen LogP) is 1.09. The van der Waals surface area contributed by atoms with Gasteiger partial charge >= 0.3 is 0 Å². The van der Waals surface area contributed by atoms with Crippen molar-refractivity contribution >= 4 is 5.91 Å². The number of methoxy groups -OCH3 is 1. The van der Waals surface area contributed by atoms with Gasteiger partial charge in [0.2, 0.25) is 5.91 Å². The highest BCUT2D eigenvalue weighted by atomic mass is 16.5. The molecule has 0 saturated carbocycles. The lowest BCUT2D eigenvalue weighted by atomic mass is 10.2. The number of ether oxygens (including phenoxy) is 2. The standard InChI is InChI=1S/C11H15NO3/c1-14-10-4-2-3-9(7-10)8-15-6-5-11(12)13/h2-4,7H,5-6,8H2,1H3,(H2,12,13). The third-order valence-corrected chi connectivity index (χ3v) is 1.90. The van der Waals surface area contributed by atoms with Crippen molar-refractivity contribution in [1.29, 1.82) is 0 Å². The van der Waals surface area contributed by atoms with Crippen LogP contribution in [-0.4, -0.2) is 19.6 Å². The first-order valence-corrected chi connectivity index (χ1v) is 4.71.